The van der Waals surface area contributed by atoms with E-state index in [4.69, 9.17) is 5.73 Å². The van der Waals surface area contributed by atoms with Crippen LogP contribution in [0.3, 0.4) is 0 Å². The predicted octanol–water partition coefficient (Wildman–Crippen LogP) is 3.46. The first kappa shape index (κ1) is 10.2. The number of thiophene rings is 1. The molecule has 1 aromatic rings. The molecule has 78 valence electrons. The Bertz CT molecular complexity index is 317. The maximum absolute atomic E-state index is 6.17. The van der Waals surface area contributed by atoms with Gasteiger partial charge < -0.3 is 5.73 Å². The second kappa shape index (κ2) is 3.35. The quantitative estimate of drug-likeness (QED) is 0.793. The Morgan fingerprint density at radius 3 is 2.50 bits per heavy atom. The van der Waals surface area contributed by atoms with E-state index in [1.165, 1.54) is 23.3 Å². The third-order valence-electron chi connectivity index (χ3n) is 2.94. The lowest BCUT2D eigenvalue weighted by atomic mass is 9.89. The standard InChI is InChI=1S/C12H19NS/c1-12(2,3)9-6-10(14-7-9)11(13)8-4-5-8/h6-8,11H,4-5,13H2,1-3H3. The maximum Gasteiger partial charge on any atom is 0.0418 e. The maximum atomic E-state index is 6.17. The zero-order valence-electron chi connectivity index (χ0n) is 9.21. The minimum Gasteiger partial charge on any atom is -0.323 e. The Hall–Kier alpha value is -0.340. The van der Waals surface area contributed by atoms with Gasteiger partial charge in [0.05, 0.1) is 0 Å². The van der Waals surface area contributed by atoms with Gasteiger partial charge in [0.15, 0.2) is 0 Å². The minimum atomic E-state index is 0.262. The molecule has 0 saturated heterocycles. The average Bonchev–Trinajstić information content (AvgIpc) is 2.79. The molecule has 1 nitrogen and oxygen atoms in total. The van der Waals surface area contributed by atoms with Gasteiger partial charge in [0.25, 0.3) is 0 Å². The fraction of sp³-hybridized carbons (Fsp3) is 0.667. The van der Waals surface area contributed by atoms with E-state index < -0.39 is 0 Å². The molecule has 1 fully saturated rings. The van der Waals surface area contributed by atoms with E-state index >= 15 is 0 Å². The van der Waals surface area contributed by atoms with E-state index in [9.17, 15) is 0 Å². The first-order valence-corrected chi connectivity index (χ1v) is 6.21. The van der Waals surface area contributed by atoms with Crippen LogP contribution in [0.25, 0.3) is 0 Å². The Morgan fingerprint density at radius 1 is 1.43 bits per heavy atom. The second-order valence-electron chi connectivity index (χ2n) is 5.35. The van der Waals surface area contributed by atoms with Crippen molar-refractivity contribution in [2.75, 3.05) is 0 Å². The summed E-state index contributed by atoms with van der Waals surface area (Å²) in [5.74, 6) is 0.765. The van der Waals surface area contributed by atoms with Crippen LogP contribution in [0.5, 0.6) is 0 Å². The van der Waals surface area contributed by atoms with Crippen molar-refractivity contribution < 1.29 is 0 Å². The van der Waals surface area contributed by atoms with Crippen LogP contribution >= 0.6 is 11.3 Å². The van der Waals surface area contributed by atoms with Crippen LogP contribution in [0.2, 0.25) is 0 Å². The first-order valence-electron chi connectivity index (χ1n) is 5.33. The summed E-state index contributed by atoms with van der Waals surface area (Å²) in [4.78, 5) is 1.37. The van der Waals surface area contributed by atoms with Crippen molar-refractivity contribution in [1.29, 1.82) is 0 Å². The van der Waals surface area contributed by atoms with Crippen molar-refractivity contribution in [3.8, 4) is 0 Å². The zero-order valence-corrected chi connectivity index (χ0v) is 10.0. The lowest BCUT2D eigenvalue weighted by Gasteiger charge is -2.16. The van der Waals surface area contributed by atoms with Gasteiger partial charge in [-0.15, -0.1) is 11.3 Å². The van der Waals surface area contributed by atoms with Gasteiger partial charge in [-0.1, -0.05) is 20.8 Å². The minimum absolute atomic E-state index is 0.262. The monoisotopic (exact) mass is 209 g/mol. The fourth-order valence-corrected chi connectivity index (χ4v) is 2.84. The number of nitrogens with two attached hydrogens (primary N) is 1. The first-order chi connectivity index (χ1) is 6.48. The molecule has 1 unspecified atom stereocenters. The molecular weight excluding hydrogens is 190 g/mol. The summed E-state index contributed by atoms with van der Waals surface area (Å²) >= 11 is 1.83. The van der Waals surface area contributed by atoms with E-state index in [2.05, 4.69) is 32.2 Å². The van der Waals surface area contributed by atoms with Gasteiger partial charge in [0.1, 0.15) is 0 Å². The summed E-state index contributed by atoms with van der Waals surface area (Å²) in [6.45, 7) is 6.75. The van der Waals surface area contributed by atoms with E-state index in [1.54, 1.807) is 0 Å². The molecule has 2 N–H and O–H groups in total. The summed E-state index contributed by atoms with van der Waals surface area (Å²) in [5, 5.41) is 2.26. The van der Waals surface area contributed by atoms with E-state index in [0.29, 0.717) is 6.04 Å². The SMILES string of the molecule is CC(C)(C)c1csc(C(N)C2CC2)c1. The Morgan fingerprint density at radius 2 is 2.07 bits per heavy atom. The third kappa shape index (κ3) is 2.01. The normalized spacial score (nSPS) is 19.7. The van der Waals surface area contributed by atoms with Crippen LogP contribution in [-0.4, -0.2) is 0 Å². The van der Waals surface area contributed by atoms with Gasteiger partial charge in [-0.25, -0.2) is 0 Å². The Balaban J connectivity index is 2.16. The molecule has 0 spiro atoms. The van der Waals surface area contributed by atoms with Crippen molar-refractivity contribution in [2.24, 2.45) is 11.7 Å². The van der Waals surface area contributed by atoms with Crippen LogP contribution < -0.4 is 5.73 Å². The van der Waals surface area contributed by atoms with Crippen molar-refractivity contribution in [2.45, 2.75) is 45.1 Å². The molecule has 0 amide bonds. The van der Waals surface area contributed by atoms with Crippen molar-refractivity contribution in [3.63, 3.8) is 0 Å². The molecule has 2 rings (SSSR count). The van der Waals surface area contributed by atoms with Gasteiger partial charge in [0, 0.05) is 10.9 Å². The van der Waals surface area contributed by atoms with E-state index in [-0.39, 0.29) is 5.41 Å². The average molecular weight is 209 g/mol. The highest BCUT2D eigenvalue weighted by molar-refractivity contribution is 7.10. The molecule has 1 atom stereocenters. The molecule has 1 aliphatic carbocycles. The van der Waals surface area contributed by atoms with Gasteiger partial charge >= 0.3 is 0 Å². The summed E-state index contributed by atoms with van der Waals surface area (Å²) in [6, 6.07) is 2.60. The molecule has 1 aliphatic rings. The summed E-state index contributed by atoms with van der Waals surface area (Å²) in [5.41, 5.74) is 7.85. The Kier molecular flexibility index (Phi) is 2.44. The van der Waals surface area contributed by atoms with Crippen LogP contribution in [0.4, 0.5) is 0 Å². The highest BCUT2D eigenvalue weighted by atomic mass is 32.1. The van der Waals surface area contributed by atoms with E-state index in [1.807, 2.05) is 11.3 Å². The highest BCUT2D eigenvalue weighted by Crippen LogP contribution is 2.42. The van der Waals surface area contributed by atoms with Crippen LogP contribution in [0.1, 0.15) is 50.1 Å². The largest absolute Gasteiger partial charge is 0.323 e. The topological polar surface area (TPSA) is 26.0 Å². The summed E-state index contributed by atoms with van der Waals surface area (Å²) in [6.07, 6.45) is 2.65. The second-order valence-corrected chi connectivity index (χ2v) is 6.29. The van der Waals surface area contributed by atoms with Crippen LogP contribution in [0, 0.1) is 5.92 Å². The molecule has 0 aromatic carbocycles. The lowest BCUT2D eigenvalue weighted by molar-refractivity contribution is 0.589. The van der Waals surface area contributed by atoms with Gasteiger partial charge in [-0.2, -0.15) is 0 Å². The molecule has 0 radical (unpaired) electrons. The molecule has 1 saturated carbocycles. The van der Waals surface area contributed by atoms with E-state index in [0.717, 1.165) is 5.92 Å². The van der Waals surface area contributed by atoms with Crippen molar-refractivity contribution >= 4 is 11.3 Å². The molecule has 0 aliphatic heterocycles. The fourth-order valence-electron chi connectivity index (χ4n) is 1.61. The van der Waals surface area contributed by atoms with Crippen LogP contribution in [0.15, 0.2) is 11.4 Å². The Labute approximate surface area is 90.3 Å². The van der Waals surface area contributed by atoms with Gasteiger partial charge in [-0.3, -0.25) is 0 Å². The van der Waals surface area contributed by atoms with Crippen molar-refractivity contribution in [3.05, 3.63) is 21.9 Å². The number of hydrogen-bond acceptors (Lipinski definition) is 2. The predicted molar refractivity (Wildman–Crippen MR) is 62.7 cm³/mol. The number of hydrogen-bond donors (Lipinski definition) is 1. The number of rotatable bonds is 2. The summed E-state index contributed by atoms with van der Waals surface area (Å²) < 4.78 is 0. The molecular formula is C12H19NS. The third-order valence-corrected chi connectivity index (χ3v) is 3.98. The molecule has 2 heteroatoms. The summed E-state index contributed by atoms with van der Waals surface area (Å²) in [7, 11) is 0. The molecule has 1 heterocycles. The van der Waals surface area contributed by atoms with Crippen molar-refractivity contribution in [1.82, 2.24) is 0 Å². The van der Waals surface area contributed by atoms with Gasteiger partial charge in [-0.05, 0) is 41.2 Å². The molecule has 1 aromatic heterocycles. The van der Waals surface area contributed by atoms with Gasteiger partial charge in [0.2, 0.25) is 0 Å². The molecule has 0 bridgehead atoms. The lowest BCUT2D eigenvalue weighted by Crippen LogP contribution is -2.12. The zero-order chi connectivity index (χ0) is 10.3. The van der Waals surface area contributed by atoms with Crippen LogP contribution in [-0.2, 0) is 5.41 Å². The highest BCUT2D eigenvalue weighted by Gasteiger charge is 2.30. The smallest absolute Gasteiger partial charge is 0.0418 e. The molecule has 14 heavy (non-hydrogen) atoms.